The Morgan fingerprint density at radius 2 is 1.88 bits per heavy atom. The van der Waals surface area contributed by atoms with Crippen molar-refractivity contribution in [2.24, 2.45) is 0 Å². The van der Waals surface area contributed by atoms with Crippen LogP contribution in [-0.2, 0) is 0 Å². The van der Waals surface area contributed by atoms with Crippen LogP contribution in [-0.4, -0.2) is 43.1 Å². The summed E-state index contributed by atoms with van der Waals surface area (Å²) < 4.78 is 10.5. The molecule has 1 aliphatic heterocycles. The molecule has 1 amide bonds. The number of anilines is 2. The number of nitrogens with one attached hydrogen (secondary N) is 1. The topological polar surface area (TPSA) is 63.7 Å². The molecule has 132 valence electrons. The van der Waals surface area contributed by atoms with Crippen LogP contribution in [0.3, 0.4) is 0 Å². The average Bonchev–Trinajstić information content (AvgIpc) is 3.17. The molecule has 1 aromatic heterocycles. The number of halogens is 1. The molecule has 0 saturated carbocycles. The van der Waals surface area contributed by atoms with Gasteiger partial charge in [0, 0.05) is 31.4 Å². The maximum Gasteiger partial charge on any atom is 0.257 e. The van der Waals surface area contributed by atoms with E-state index in [-0.39, 0.29) is 5.91 Å². The first-order valence-electron chi connectivity index (χ1n) is 8.07. The minimum atomic E-state index is -0.0234. The predicted molar refractivity (Wildman–Crippen MR) is 97.2 cm³/mol. The summed E-state index contributed by atoms with van der Waals surface area (Å²) >= 11 is 6.32. The largest absolute Gasteiger partial charge is 0.493 e. The van der Waals surface area contributed by atoms with Gasteiger partial charge >= 0.3 is 0 Å². The number of likely N-dealkylation sites (tertiary alicyclic amines) is 1. The lowest BCUT2D eigenvalue weighted by Gasteiger charge is -2.18. The van der Waals surface area contributed by atoms with Crippen molar-refractivity contribution in [3.8, 4) is 11.5 Å². The summed E-state index contributed by atoms with van der Waals surface area (Å²) in [5.41, 5.74) is 1.11. The van der Waals surface area contributed by atoms with Crippen molar-refractivity contribution < 1.29 is 14.3 Å². The minimum absolute atomic E-state index is 0.0234. The number of rotatable bonds is 5. The van der Waals surface area contributed by atoms with Crippen LogP contribution in [0.5, 0.6) is 11.5 Å². The lowest BCUT2D eigenvalue weighted by atomic mass is 10.2. The monoisotopic (exact) mass is 361 g/mol. The SMILES string of the molecule is COc1cc(Cl)c(Nc2ncccc2C(=O)N2CCCC2)cc1OC. The van der Waals surface area contributed by atoms with Crippen LogP contribution >= 0.6 is 11.6 Å². The smallest absolute Gasteiger partial charge is 0.257 e. The summed E-state index contributed by atoms with van der Waals surface area (Å²) in [6, 6.07) is 6.91. The molecule has 0 radical (unpaired) electrons. The van der Waals surface area contributed by atoms with Gasteiger partial charge in [0.15, 0.2) is 11.5 Å². The van der Waals surface area contributed by atoms with E-state index in [0.717, 1.165) is 25.9 Å². The highest BCUT2D eigenvalue weighted by Gasteiger charge is 2.23. The molecule has 25 heavy (non-hydrogen) atoms. The van der Waals surface area contributed by atoms with Gasteiger partial charge in [0.05, 0.1) is 30.5 Å². The Kier molecular flexibility index (Phi) is 5.28. The number of nitrogens with zero attached hydrogens (tertiary/aromatic N) is 2. The van der Waals surface area contributed by atoms with Crippen LogP contribution in [0.1, 0.15) is 23.2 Å². The molecule has 0 unspecified atom stereocenters. The number of hydrogen-bond donors (Lipinski definition) is 1. The molecule has 1 aromatic carbocycles. The summed E-state index contributed by atoms with van der Waals surface area (Å²) in [6.45, 7) is 1.56. The zero-order chi connectivity index (χ0) is 17.8. The molecule has 1 aliphatic rings. The average molecular weight is 362 g/mol. The van der Waals surface area contributed by atoms with Gasteiger partial charge in [0.1, 0.15) is 5.82 Å². The molecular formula is C18H20ClN3O3. The van der Waals surface area contributed by atoms with E-state index < -0.39 is 0 Å². The second-order valence-corrected chi connectivity index (χ2v) is 6.12. The summed E-state index contributed by atoms with van der Waals surface area (Å²) in [6.07, 6.45) is 3.71. The van der Waals surface area contributed by atoms with Crippen molar-refractivity contribution in [1.82, 2.24) is 9.88 Å². The number of hydrogen-bond acceptors (Lipinski definition) is 5. The van der Waals surface area contributed by atoms with Crippen LogP contribution in [0.15, 0.2) is 30.5 Å². The first kappa shape index (κ1) is 17.4. The normalized spacial score (nSPS) is 13.6. The van der Waals surface area contributed by atoms with Gasteiger partial charge in [-0.25, -0.2) is 4.98 Å². The maximum absolute atomic E-state index is 12.7. The fourth-order valence-corrected chi connectivity index (χ4v) is 3.05. The van der Waals surface area contributed by atoms with Crippen LogP contribution in [0.4, 0.5) is 11.5 Å². The fourth-order valence-electron chi connectivity index (χ4n) is 2.85. The van der Waals surface area contributed by atoms with Crippen molar-refractivity contribution in [1.29, 1.82) is 0 Å². The van der Waals surface area contributed by atoms with Crippen molar-refractivity contribution in [3.05, 3.63) is 41.0 Å². The fraction of sp³-hybridized carbons (Fsp3) is 0.333. The molecule has 0 bridgehead atoms. The summed E-state index contributed by atoms with van der Waals surface area (Å²) in [4.78, 5) is 18.9. The predicted octanol–water partition coefficient (Wildman–Crippen LogP) is 3.73. The molecule has 0 spiro atoms. The van der Waals surface area contributed by atoms with E-state index in [1.807, 2.05) is 4.90 Å². The molecule has 2 aromatic rings. The second-order valence-electron chi connectivity index (χ2n) is 5.71. The quantitative estimate of drug-likeness (QED) is 0.879. The molecule has 6 nitrogen and oxygen atoms in total. The third-order valence-electron chi connectivity index (χ3n) is 4.16. The molecule has 2 heterocycles. The molecule has 0 aliphatic carbocycles. The van der Waals surface area contributed by atoms with E-state index in [4.69, 9.17) is 21.1 Å². The number of carbonyl (C=O) groups is 1. The summed E-state index contributed by atoms with van der Waals surface area (Å²) in [5.74, 6) is 1.52. The van der Waals surface area contributed by atoms with Gasteiger partial charge < -0.3 is 19.7 Å². The zero-order valence-electron chi connectivity index (χ0n) is 14.2. The van der Waals surface area contributed by atoms with Gasteiger partial charge in [-0.3, -0.25) is 4.79 Å². The highest BCUT2D eigenvalue weighted by molar-refractivity contribution is 6.33. The maximum atomic E-state index is 12.7. The van der Waals surface area contributed by atoms with Gasteiger partial charge in [-0.15, -0.1) is 0 Å². The lowest BCUT2D eigenvalue weighted by molar-refractivity contribution is 0.0793. The van der Waals surface area contributed by atoms with Crippen LogP contribution in [0, 0.1) is 0 Å². The van der Waals surface area contributed by atoms with Crippen LogP contribution in [0.2, 0.25) is 5.02 Å². The minimum Gasteiger partial charge on any atom is -0.493 e. The number of amides is 1. The van der Waals surface area contributed by atoms with Crippen LogP contribution < -0.4 is 14.8 Å². The van der Waals surface area contributed by atoms with Crippen molar-refractivity contribution in [3.63, 3.8) is 0 Å². The lowest BCUT2D eigenvalue weighted by Crippen LogP contribution is -2.28. The van der Waals surface area contributed by atoms with Crippen molar-refractivity contribution in [2.75, 3.05) is 32.6 Å². The molecule has 0 atom stereocenters. The summed E-state index contributed by atoms with van der Waals surface area (Å²) in [7, 11) is 3.10. The van der Waals surface area contributed by atoms with E-state index in [0.29, 0.717) is 33.6 Å². The zero-order valence-corrected chi connectivity index (χ0v) is 15.0. The Bertz CT molecular complexity index is 776. The molecular weight excluding hydrogens is 342 g/mol. The Balaban J connectivity index is 1.92. The molecule has 1 saturated heterocycles. The second kappa shape index (κ2) is 7.61. The Hall–Kier alpha value is -2.47. The van der Waals surface area contributed by atoms with E-state index in [1.54, 1.807) is 44.7 Å². The third-order valence-corrected chi connectivity index (χ3v) is 4.47. The van der Waals surface area contributed by atoms with Gasteiger partial charge in [0.25, 0.3) is 5.91 Å². The Labute approximate surface area is 151 Å². The van der Waals surface area contributed by atoms with Gasteiger partial charge in [0.2, 0.25) is 0 Å². The van der Waals surface area contributed by atoms with Crippen LogP contribution in [0.25, 0.3) is 0 Å². The highest BCUT2D eigenvalue weighted by atomic mass is 35.5. The van der Waals surface area contributed by atoms with E-state index in [2.05, 4.69) is 10.3 Å². The van der Waals surface area contributed by atoms with Crippen molar-refractivity contribution in [2.45, 2.75) is 12.8 Å². The highest BCUT2D eigenvalue weighted by Crippen LogP contribution is 2.37. The van der Waals surface area contributed by atoms with E-state index in [9.17, 15) is 4.79 Å². The van der Waals surface area contributed by atoms with E-state index in [1.165, 1.54) is 0 Å². The number of aromatic nitrogens is 1. The third kappa shape index (κ3) is 3.64. The Morgan fingerprint density at radius 1 is 1.20 bits per heavy atom. The van der Waals surface area contributed by atoms with Gasteiger partial charge in [-0.1, -0.05) is 11.6 Å². The number of methoxy groups -OCH3 is 2. The number of pyridine rings is 1. The number of benzene rings is 1. The molecule has 7 heteroatoms. The van der Waals surface area contributed by atoms with Crippen molar-refractivity contribution >= 4 is 29.0 Å². The first-order valence-corrected chi connectivity index (χ1v) is 8.44. The summed E-state index contributed by atoms with van der Waals surface area (Å²) in [5, 5.41) is 3.59. The van der Waals surface area contributed by atoms with Gasteiger partial charge in [-0.05, 0) is 25.0 Å². The standard InChI is InChI=1S/C18H20ClN3O3/c1-24-15-10-13(19)14(11-16(15)25-2)21-17-12(6-5-7-20-17)18(23)22-8-3-4-9-22/h5-7,10-11H,3-4,8-9H2,1-2H3,(H,20,21). The molecule has 3 rings (SSSR count). The Morgan fingerprint density at radius 3 is 2.56 bits per heavy atom. The first-order chi connectivity index (χ1) is 12.1. The molecule has 1 fully saturated rings. The molecule has 1 N–H and O–H groups in total. The number of carbonyl (C=O) groups excluding carboxylic acids is 1. The van der Waals surface area contributed by atoms with E-state index >= 15 is 0 Å². The number of ether oxygens (including phenoxy) is 2. The van der Waals surface area contributed by atoms with Gasteiger partial charge in [-0.2, -0.15) is 0 Å².